The highest BCUT2D eigenvalue weighted by molar-refractivity contribution is 5.85. The summed E-state index contributed by atoms with van der Waals surface area (Å²) in [6.45, 7) is 0.830. The zero-order chi connectivity index (χ0) is 14.7. The lowest BCUT2D eigenvalue weighted by molar-refractivity contribution is -0.121. The molecular formula is C17H20ClN3O. The van der Waals surface area contributed by atoms with Crippen molar-refractivity contribution in [3.05, 3.63) is 54.6 Å². The Bertz CT molecular complexity index is 633. The quantitative estimate of drug-likeness (QED) is 0.911. The summed E-state index contributed by atoms with van der Waals surface area (Å²) in [6, 6.07) is 18.1. The molecule has 22 heavy (non-hydrogen) atoms. The molecule has 116 valence electrons. The molecule has 1 aliphatic heterocycles. The Morgan fingerprint density at radius 3 is 2.50 bits per heavy atom. The smallest absolute Gasteiger partial charge is 0.236 e. The van der Waals surface area contributed by atoms with Crippen LogP contribution in [0.25, 0.3) is 11.1 Å². The summed E-state index contributed by atoms with van der Waals surface area (Å²) in [4.78, 5) is 11.5. The van der Waals surface area contributed by atoms with Crippen LogP contribution in [0, 0.1) is 0 Å². The van der Waals surface area contributed by atoms with Crippen LogP contribution in [0.3, 0.4) is 0 Å². The number of halogens is 1. The number of benzene rings is 2. The number of nitrogens with zero attached hydrogens (tertiary/aromatic N) is 1. The van der Waals surface area contributed by atoms with Gasteiger partial charge in [-0.25, -0.2) is 5.01 Å². The standard InChI is InChI=1S/C17H19N3O.ClH/c18-17(21)16-11-6-12-20(16)19-15-10-5-4-9-14(15)13-7-2-1-3-8-13;/h1-5,7-10,16,19H,6,11-12H2,(H2,18,21);1H/t16-;/m0./s1. The van der Waals surface area contributed by atoms with Crippen molar-refractivity contribution in [1.82, 2.24) is 5.01 Å². The Balaban J connectivity index is 0.00000176. The third-order valence-corrected chi connectivity index (χ3v) is 3.86. The lowest BCUT2D eigenvalue weighted by Crippen LogP contribution is -2.43. The lowest BCUT2D eigenvalue weighted by Gasteiger charge is -2.25. The fourth-order valence-electron chi connectivity index (χ4n) is 2.80. The summed E-state index contributed by atoms with van der Waals surface area (Å²) in [6.07, 6.45) is 1.80. The number of hydrogen-bond acceptors (Lipinski definition) is 3. The van der Waals surface area contributed by atoms with Crippen LogP contribution in [0.5, 0.6) is 0 Å². The topological polar surface area (TPSA) is 58.4 Å². The van der Waals surface area contributed by atoms with E-state index in [2.05, 4.69) is 23.6 Å². The summed E-state index contributed by atoms with van der Waals surface area (Å²) < 4.78 is 0. The average Bonchev–Trinajstić information content (AvgIpc) is 2.97. The van der Waals surface area contributed by atoms with E-state index < -0.39 is 0 Å². The van der Waals surface area contributed by atoms with Gasteiger partial charge in [0.1, 0.15) is 6.04 Å². The second-order valence-corrected chi connectivity index (χ2v) is 5.28. The van der Waals surface area contributed by atoms with Crippen LogP contribution in [-0.4, -0.2) is 23.5 Å². The van der Waals surface area contributed by atoms with Gasteiger partial charge in [0.15, 0.2) is 0 Å². The van der Waals surface area contributed by atoms with Gasteiger partial charge in [-0.3, -0.25) is 4.79 Å². The molecule has 1 amide bonds. The Morgan fingerprint density at radius 1 is 1.09 bits per heavy atom. The third kappa shape index (κ3) is 3.40. The third-order valence-electron chi connectivity index (χ3n) is 3.86. The maximum Gasteiger partial charge on any atom is 0.236 e. The number of carbonyl (C=O) groups is 1. The van der Waals surface area contributed by atoms with Crippen molar-refractivity contribution in [3.8, 4) is 11.1 Å². The second-order valence-electron chi connectivity index (χ2n) is 5.28. The molecule has 0 aromatic heterocycles. The monoisotopic (exact) mass is 317 g/mol. The van der Waals surface area contributed by atoms with Crippen LogP contribution in [0.2, 0.25) is 0 Å². The van der Waals surface area contributed by atoms with Crippen molar-refractivity contribution in [2.45, 2.75) is 18.9 Å². The highest BCUT2D eigenvalue weighted by atomic mass is 35.5. The molecule has 1 saturated heterocycles. The molecule has 0 aliphatic carbocycles. The molecular weight excluding hydrogens is 298 g/mol. The van der Waals surface area contributed by atoms with Crippen LogP contribution in [0.15, 0.2) is 54.6 Å². The van der Waals surface area contributed by atoms with E-state index in [1.54, 1.807) is 0 Å². The predicted octanol–water partition coefficient (Wildman–Crippen LogP) is 3.05. The minimum atomic E-state index is -0.266. The van der Waals surface area contributed by atoms with Gasteiger partial charge < -0.3 is 11.2 Å². The van der Waals surface area contributed by atoms with E-state index in [-0.39, 0.29) is 24.4 Å². The number of primary amides is 1. The van der Waals surface area contributed by atoms with E-state index in [0.717, 1.165) is 36.2 Å². The van der Waals surface area contributed by atoms with Crippen LogP contribution in [-0.2, 0) is 4.79 Å². The number of amides is 1. The van der Waals surface area contributed by atoms with Crippen molar-refractivity contribution in [2.24, 2.45) is 5.73 Å². The minimum absolute atomic E-state index is 0. The summed E-state index contributed by atoms with van der Waals surface area (Å²) >= 11 is 0. The van der Waals surface area contributed by atoms with Gasteiger partial charge in [0.2, 0.25) is 5.91 Å². The van der Waals surface area contributed by atoms with E-state index in [1.807, 2.05) is 41.4 Å². The van der Waals surface area contributed by atoms with Crippen LogP contribution < -0.4 is 11.2 Å². The molecule has 1 heterocycles. The van der Waals surface area contributed by atoms with Gasteiger partial charge in [-0.2, -0.15) is 0 Å². The number of rotatable bonds is 4. The zero-order valence-electron chi connectivity index (χ0n) is 12.2. The molecule has 0 spiro atoms. The summed E-state index contributed by atoms with van der Waals surface area (Å²) in [5, 5.41) is 1.95. The second kappa shape index (κ2) is 7.29. The Labute approximate surface area is 136 Å². The molecule has 2 aromatic carbocycles. The molecule has 3 N–H and O–H groups in total. The predicted molar refractivity (Wildman–Crippen MR) is 91.7 cm³/mol. The first-order valence-electron chi connectivity index (χ1n) is 7.23. The minimum Gasteiger partial charge on any atom is -0.368 e. The van der Waals surface area contributed by atoms with Gasteiger partial charge in [0.05, 0.1) is 5.69 Å². The van der Waals surface area contributed by atoms with Gasteiger partial charge in [0.25, 0.3) is 0 Å². The van der Waals surface area contributed by atoms with E-state index in [0.29, 0.717) is 0 Å². The fourth-order valence-corrected chi connectivity index (χ4v) is 2.80. The molecule has 0 saturated carbocycles. The Hall–Kier alpha value is -2.04. The fraction of sp³-hybridized carbons (Fsp3) is 0.235. The SMILES string of the molecule is Cl.NC(=O)[C@@H]1CCCN1Nc1ccccc1-c1ccccc1. The van der Waals surface area contributed by atoms with Crippen LogP contribution in [0.1, 0.15) is 12.8 Å². The summed E-state index contributed by atoms with van der Waals surface area (Å²) in [7, 11) is 0. The van der Waals surface area contributed by atoms with Crippen molar-refractivity contribution in [3.63, 3.8) is 0 Å². The summed E-state index contributed by atoms with van der Waals surface area (Å²) in [5.74, 6) is -0.266. The van der Waals surface area contributed by atoms with Crippen molar-refractivity contribution < 1.29 is 4.79 Å². The van der Waals surface area contributed by atoms with E-state index >= 15 is 0 Å². The van der Waals surface area contributed by atoms with Gasteiger partial charge in [0, 0.05) is 12.1 Å². The van der Waals surface area contributed by atoms with Crippen LogP contribution in [0.4, 0.5) is 5.69 Å². The molecule has 3 rings (SSSR count). The molecule has 5 heteroatoms. The van der Waals surface area contributed by atoms with Gasteiger partial charge in [-0.1, -0.05) is 48.5 Å². The number of anilines is 1. The van der Waals surface area contributed by atoms with E-state index in [1.165, 1.54) is 0 Å². The first kappa shape index (κ1) is 16.3. The molecule has 0 unspecified atom stereocenters. The van der Waals surface area contributed by atoms with Gasteiger partial charge in [-0.15, -0.1) is 12.4 Å². The first-order chi connectivity index (χ1) is 10.3. The highest BCUT2D eigenvalue weighted by Crippen LogP contribution is 2.29. The lowest BCUT2D eigenvalue weighted by atomic mass is 10.0. The largest absolute Gasteiger partial charge is 0.368 e. The number of carbonyl (C=O) groups excluding carboxylic acids is 1. The normalized spacial score (nSPS) is 17.7. The number of nitrogens with two attached hydrogens (primary N) is 1. The molecule has 0 radical (unpaired) electrons. The van der Waals surface area contributed by atoms with Crippen molar-refractivity contribution >= 4 is 24.0 Å². The highest BCUT2D eigenvalue weighted by Gasteiger charge is 2.29. The maximum atomic E-state index is 11.5. The van der Waals surface area contributed by atoms with E-state index in [4.69, 9.17) is 5.73 Å². The van der Waals surface area contributed by atoms with Crippen molar-refractivity contribution in [2.75, 3.05) is 12.0 Å². The molecule has 1 atom stereocenters. The molecule has 0 bridgehead atoms. The maximum absolute atomic E-state index is 11.5. The average molecular weight is 318 g/mol. The van der Waals surface area contributed by atoms with Crippen LogP contribution >= 0.6 is 12.4 Å². The molecule has 1 fully saturated rings. The molecule has 2 aromatic rings. The zero-order valence-corrected chi connectivity index (χ0v) is 13.1. The Morgan fingerprint density at radius 2 is 1.77 bits per heavy atom. The number of nitrogens with one attached hydrogen (secondary N) is 1. The number of hydrazine groups is 1. The van der Waals surface area contributed by atoms with Gasteiger partial charge in [-0.05, 0) is 24.5 Å². The van der Waals surface area contributed by atoms with Crippen molar-refractivity contribution in [1.29, 1.82) is 0 Å². The summed E-state index contributed by atoms with van der Waals surface area (Å²) in [5.41, 5.74) is 12.1. The number of para-hydroxylation sites is 1. The first-order valence-corrected chi connectivity index (χ1v) is 7.23. The number of hydrogen-bond donors (Lipinski definition) is 2. The van der Waals surface area contributed by atoms with E-state index in [9.17, 15) is 4.79 Å². The Kier molecular flexibility index (Phi) is 5.41. The molecule has 1 aliphatic rings. The molecule has 4 nitrogen and oxygen atoms in total. The van der Waals surface area contributed by atoms with Gasteiger partial charge >= 0.3 is 0 Å².